The van der Waals surface area contributed by atoms with Crippen LogP contribution in [0.1, 0.15) is 18.9 Å². The number of benzene rings is 1. The normalized spacial score (nSPS) is 33.2. The van der Waals surface area contributed by atoms with E-state index in [1.807, 2.05) is 50.3 Å². The number of fused-ring (bicyclic) bond motifs is 1. The van der Waals surface area contributed by atoms with Crippen molar-refractivity contribution in [1.29, 1.82) is 0 Å². The van der Waals surface area contributed by atoms with Crippen molar-refractivity contribution in [1.82, 2.24) is 0 Å². The Labute approximate surface area is 141 Å². The van der Waals surface area contributed by atoms with Crippen LogP contribution in [0.15, 0.2) is 36.4 Å². The Kier molecular flexibility index (Phi) is 3.49. The summed E-state index contributed by atoms with van der Waals surface area (Å²) in [7, 11) is 0. The van der Waals surface area contributed by atoms with E-state index < -0.39 is 17.4 Å². The van der Waals surface area contributed by atoms with Crippen LogP contribution in [0.2, 0.25) is 0 Å². The molecule has 0 radical (unpaired) electrons. The second kappa shape index (κ2) is 5.45. The quantitative estimate of drug-likeness (QED) is 0.629. The third-order valence-corrected chi connectivity index (χ3v) is 5.17. The van der Waals surface area contributed by atoms with Crippen molar-refractivity contribution < 1.29 is 19.1 Å². The lowest BCUT2D eigenvalue weighted by Crippen LogP contribution is -2.40. The van der Waals surface area contributed by atoms with E-state index in [0.29, 0.717) is 13.2 Å². The molecule has 5 heteroatoms. The maximum absolute atomic E-state index is 13.0. The Balaban J connectivity index is 1.64. The van der Waals surface area contributed by atoms with Crippen LogP contribution < -0.4 is 4.90 Å². The predicted octanol–water partition coefficient (Wildman–Crippen LogP) is 2.23. The Bertz CT molecular complexity index is 711. The molecule has 1 aromatic rings. The zero-order valence-corrected chi connectivity index (χ0v) is 13.9. The number of rotatable bonds is 4. The van der Waals surface area contributed by atoms with Gasteiger partial charge in [-0.1, -0.05) is 36.8 Å². The first-order chi connectivity index (χ1) is 11.6. The lowest BCUT2D eigenvalue weighted by molar-refractivity contribution is -0.152. The third kappa shape index (κ3) is 2.11. The van der Waals surface area contributed by atoms with Gasteiger partial charge in [0.2, 0.25) is 5.91 Å². The van der Waals surface area contributed by atoms with Crippen molar-refractivity contribution in [3.8, 4) is 0 Å². The molecule has 4 atom stereocenters. The summed E-state index contributed by atoms with van der Waals surface area (Å²) in [5, 5.41) is 0. The Morgan fingerprint density at radius 1 is 1.38 bits per heavy atom. The molecule has 2 saturated heterocycles. The highest BCUT2D eigenvalue weighted by molar-refractivity contribution is 6.02. The number of hydrogen-bond acceptors (Lipinski definition) is 4. The summed E-state index contributed by atoms with van der Waals surface area (Å²) in [4.78, 5) is 27.2. The first kappa shape index (κ1) is 15.4. The molecular weight excluding hydrogens is 306 g/mol. The summed E-state index contributed by atoms with van der Waals surface area (Å²) in [5.41, 5.74) is 1.29. The van der Waals surface area contributed by atoms with Gasteiger partial charge in [-0.3, -0.25) is 9.59 Å². The van der Waals surface area contributed by atoms with E-state index in [1.165, 1.54) is 0 Å². The zero-order valence-electron chi connectivity index (χ0n) is 13.9. The van der Waals surface area contributed by atoms with Gasteiger partial charge >= 0.3 is 5.97 Å². The van der Waals surface area contributed by atoms with Crippen LogP contribution in [0.25, 0.3) is 0 Å². The number of esters is 1. The second-order valence-electron chi connectivity index (χ2n) is 6.83. The maximum atomic E-state index is 13.0. The maximum Gasteiger partial charge on any atom is 0.312 e. The number of nitrogens with zero attached hydrogens (tertiary/aromatic N) is 1. The Morgan fingerprint density at radius 3 is 2.83 bits per heavy atom. The molecule has 2 fully saturated rings. The highest BCUT2D eigenvalue weighted by atomic mass is 16.6. The first-order valence-corrected chi connectivity index (χ1v) is 8.47. The molecule has 24 heavy (non-hydrogen) atoms. The number of carbonyl (C=O) groups excluding carboxylic acids is 2. The van der Waals surface area contributed by atoms with Crippen molar-refractivity contribution in [3.05, 3.63) is 42.0 Å². The highest BCUT2D eigenvalue weighted by Gasteiger charge is 2.67. The SMILES string of the molecule is CCCOC(=O)[C@H]1[C@@H]2C=C[C@@]3(CN(c4ccc(C)cc4)C(=O)[C@H]13)O2. The number of amides is 1. The fourth-order valence-electron chi connectivity index (χ4n) is 4.01. The van der Waals surface area contributed by atoms with Crippen LogP contribution in [-0.4, -0.2) is 36.7 Å². The lowest BCUT2D eigenvalue weighted by Gasteiger charge is -2.22. The van der Waals surface area contributed by atoms with E-state index in [0.717, 1.165) is 17.7 Å². The molecule has 3 aliphatic rings. The summed E-state index contributed by atoms with van der Waals surface area (Å²) in [6, 6.07) is 7.84. The summed E-state index contributed by atoms with van der Waals surface area (Å²) >= 11 is 0. The molecule has 0 aliphatic carbocycles. The van der Waals surface area contributed by atoms with Gasteiger partial charge in [-0.2, -0.15) is 0 Å². The molecule has 5 nitrogen and oxygen atoms in total. The van der Waals surface area contributed by atoms with Crippen LogP contribution in [0, 0.1) is 18.8 Å². The number of aryl methyl sites for hydroxylation is 1. The lowest BCUT2D eigenvalue weighted by atomic mass is 9.77. The van der Waals surface area contributed by atoms with E-state index in [4.69, 9.17) is 9.47 Å². The van der Waals surface area contributed by atoms with Gasteiger partial charge in [0.25, 0.3) is 0 Å². The molecular formula is C19H21NO4. The number of carbonyl (C=O) groups is 2. The van der Waals surface area contributed by atoms with E-state index in [1.54, 1.807) is 4.90 Å². The number of hydrogen-bond donors (Lipinski definition) is 0. The van der Waals surface area contributed by atoms with Gasteiger partial charge in [0.05, 0.1) is 25.2 Å². The molecule has 4 rings (SSSR count). The minimum Gasteiger partial charge on any atom is -0.465 e. The molecule has 0 saturated carbocycles. The van der Waals surface area contributed by atoms with Crippen LogP contribution in [0.3, 0.4) is 0 Å². The Hall–Kier alpha value is -2.14. The minimum absolute atomic E-state index is 0.0517. The van der Waals surface area contributed by atoms with Crippen molar-refractivity contribution in [3.63, 3.8) is 0 Å². The van der Waals surface area contributed by atoms with Crippen molar-refractivity contribution >= 4 is 17.6 Å². The van der Waals surface area contributed by atoms with Gasteiger partial charge in [0.1, 0.15) is 11.5 Å². The Morgan fingerprint density at radius 2 is 2.12 bits per heavy atom. The van der Waals surface area contributed by atoms with E-state index in [-0.39, 0.29) is 18.0 Å². The van der Waals surface area contributed by atoms with Crippen molar-refractivity contribution in [2.24, 2.45) is 11.8 Å². The minimum atomic E-state index is -0.692. The van der Waals surface area contributed by atoms with Gasteiger partial charge < -0.3 is 14.4 Å². The molecule has 0 N–H and O–H groups in total. The summed E-state index contributed by atoms with van der Waals surface area (Å²) < 4.78 is 11.4. The predicted molar refractivity (Wildman–Crippen MR) is 88.5 cm³/mol. The number of anilines is 1. The molecule has 3 heterocycles. The first-order valence-electron chi connectivity index (χ1n) is 8.47. The molecule has 0 aromatic heterocycles. The molecule has 3 aliphatic heterocycles. The van der Waals surface area contributed by atoms with Gasteiger partial charge in [-0.25, -0.2) is 0 Å². The second-order valence-corrected chi connectivity index (χ2v) is 6.83. The van der Waals surface area contributed by atoms with Crippen molar-refractivity contribution in [2.75, 3.05) is 18.1 Å². The van der Waals surface area contributed by atoms with Crippen LogP contribution in [0.4, 0.5) is 5.69 Å². The molecule has 126 valence electrons. The molecule has 1 amide bonds. The number of ether oxygens (including phenoxy) is 2. The van der Waals surface area contributed by atoms with E-state index >= 15 is 0 Å². The smallest absolute Gasteiger partial charge is 0.312 e. The largest absolute Gasteiger partial charge is 0.465 e. The topological polar surface area (TPSA) is 55.8 Å². The van der Waals surface area contributed by atoms with Crippen LogP contribution in [-0.2, 0) is 19.1 Å². The summed E-state index contributed by atoms with van der Waals surface area (Å²) in [6.07, 6.45) is 4.28. The fraction of sp³-hybridized carbons (Fsp3) is 0.474. The third-order valence-electron chi connectivity index (χ3n) is 5.17. The highest BCUT2D eigenvalue weighted by Crippen LogP contribution is 2.52. The average Bonchev–Trinajstić information content (AvgIpc) is 3.22. The average molecular weight is 327 g/mol. The molecule has 2 bridgehead atoms. The van der Waals surface area contributed by atoms with Gasteiger partial charge in [0, 0.05) is 5.69 Å². The van der Waals surface area contributed by atoms with Crippen LogP contribution in [0.5, 0.6) is 0 Å². The van der Waals surface area contributed by atoms with Crippen molar-refractivity contribution in [2.45, 2.75) is 32.0 Å². The van der Waals surface area contributed by atoms with Gasteiger partial charge in [0.15, 0.2) is 0 Å². The fourth-order valence-corrected chi connectivity index (χ4v) is 4.01. The van der Waals surface area contributed by atoms with Gasteiger partial charge in [-0.15, -0.1) is 0 Å². The van der Waals surface area contributed by atoms with Crippen LogP contribution >= 0.6 is 0 Å². The molecule has 1 aromatic carbocycles. The molecule has 0 unspecified atom stereocenters. The zero-order chi connectivity index (χ0) is 16.9. The summed E-state index contributed by atoms with van der Waals surface area (Å²) in [5.74, 6) is -1.40. The van der Waals surface area contributed by atoms with Gasteiger partial charge in [-0.05, 0) is 25.5 Å². The standard InChI is InChI=1S/C19H21NO4/c1-3-10-23-18(22)15-14-8-9-19(24-14)11-20(17(21)16(15)19)13-6-4-12(2)5-7-13/h4-9,14-16H,3,10-11H2,1-2H3/t14-,15-,16-,19-/m0/s1. The monoisotopic (exact) mass is 327 g/mol. The van der Waals surface area contributed by atoms with E-state index in [2.05, 4.69) is 0 Å². The summed E-state index contributed by atoms with van der Waals surface area (Å²) in [6.45, 7) is 4.79. The molecule has 1 spiro atoms. The van der Waals surface area contributed by atoms with E-state index in [9.17, 15) is 9.59 Å².